The van der Waals surface area contributed by atoms with E-state index in [1.165, 1.54) is 0 Å². The van der Waals surface area contributed by atoms with E-state index in [0.29, 0.717) is 12.1 Å². The van der Waals surface area contributed by atoms with Gasteiger partial charge < -0.3 is 4.18 Å². The van der Waals surface area contributed by atoms with Crippen LogP contribution in [0.3, 0.4) is 0 Å². The third-order valence-corrected chi connectivity index (χ3v) is 1.55. The van der Waals surface area contributed by atoms with E-state index in [9.17, 15) is 17.2 Å². The molecule has 0 aliphatic rings. The van der Waals surface area contributed by atoms with Gasteiger partial charge in [-0.3, -0.25) is 0 Å². The van der Waals surface area contributed by atoms with Gasteiger partial charge in [0, 0.05) is 12.1 Å². The molecule has 3 nitrogen and oxygen atoms in total. The van der Waals surface area contributed by atoms with Crippen LogP contribution in [0.25, 0.3) is 0 Å². The summed E-state index contributed by atoms with van der Waals surface area (Å²) in [6.45, 7) is 0. The van der Waals surface area contributed by atoms with E-state index in [1.807, 2.05) is 6.07 Å². The highest BCUT2D eigenvalue weighted by Gasteiger charge is 2.10. The lowest BCUT2D eigenvalue weighted by Gasteiger charge is -2.02. The average Bonchev–Trinajstić information content (AvgIpc) is 1.94. The number of rotatable bonds is 2. The molecule has 0 heterocycles. The molecule has 0 aliphatic carbocycles. The van der Waals surface area contributed by atoms with Gasteiger partial charge in [-0.05, 0) is 6.07 Å². The molecule has 0 amide bonds. The molecular weight excluding hydrogens is 202 g/mol. The van der Waals surface area contributed by atoms with Gasteiger partial charge in [0.25, 0.3) is 0 Å². The highest BCUT2D eigenvalue weighted by Crippen LogP contribution is 2.18. The first-order valence-electron chi connectivity index (χ1n) is 3.15. The van der Waals surface area contributed by atoms with E-state index >= 15 is 0 Å². The van der Waals surface area contributed by atoms with Gasteiger partial charge in [0.2, 0.25) is 0 Å². The summed E-state index contributed by atoms with van der Waals surface area (Å²) < 4.78 is 50.4. The standard InChI is InChI=1S/C7H5F2O3S/c1-13(10,11)12-7-4-5(8)2-3-6(7)9/h3-4H,1H3. The van der Waals surface area contributed by atoms with E-state index in [4.69, 9.17) is 0 Å². The predicted molar refractivity (Wildman–Crippen MR) is 40.7 cm³/mol. The van der Waals surface area contributed by atoms with Crippen LogP contribution in [0.15, 0.2) is 12.1 Å². The largest absolute Gasteiger partial charge is 0.379 e. The lowest BCUT2D eigenvalue weighted by Crippen LogP contribution is -2.07. The molecule has 0 atom stereocenters. The Hall–Kier alpha value is -1.17. The highest BCUT2D eigenvalue weighted by molar-refractivity contribution is 7.86. The Labute approximate surface area is 74.1 Å². The quantitative estimate of drug-likeness (QED) is 0.682. The molecule has 1 rings (SSSR count). The summed E-state index contributed by atoms with van der Waals surface area (Å²) in [6.07, 6.45) is 0.737. The van der Waals surface area contributed by atoms with Crippen LogP contribution in [0.2, 0.25) is 0 Å². The first-order chi connectivity index (χ1) is 5.88. The van der Waals surface area contributed by atoms with Crippen LogP contribution < -0.4 is 4.18 Å². The van der Waals surface area contributed by atoms with Gasteiger partial charge >= 0.3 is 10.1 Å². The Morgan fingerprint density at radius 3 is 2.62 bits per heavy atom. The van der Waals surface area contributed by atoms with Crippen molar-refractivity contribution in [3.05, 3.63) is 29.8 Å². The summed E-state index contributed by atoms with van der Waals surface area (Å²) in [5.41, 5.74) is 0. The van der Waals surface area contributed by atoms with Crippen molar-refractivity contribution in [3.63, 3.8) is 0 Å². The fraction of sp³-hybridized carbons (Fsp3) is 0.143. The number of hydrogen-bond donors (Lipinski definition) is 0. The summed E-state index contributed by atoms with van der Waals surface area (Å²) in [5, 5.41) is 0. The molecule has 13 heavy (non-hydrogen) atoms. The minimum atomic E-state index is -3.84. The Morgan fingerprint density at radius 1 is 1.46 bits per heavy atom. The first-order valence-corrected chi connectivity index (χ1v) is 4.96. The Balaban J connectivity index is 3.08. The van der Waals surface area contributed by atoms with E-state index in [-0.39, 0.29) is 0 Å². The number of benzene rings is 1. The van der Waals surface area contributed by atoms with Gasteiger partial charge in [-0.1, -0.05) is 0 Å². The summed E-state index contributed by atoms with van der Waals surface area (Å²) in [4.78, 5) is 0. The highest BCUT2D eigenvalue weighted by atomic mass is 32.2. The SMILES string of the molecule is CS(=O)(=O)Oc1cc(F)[c]cc1F. The molecule has 0 fully saturated rings. The molecule has 1 aromatic rings. The van der Waals surface area contributed by atoms with Crippen molar-refractivity contribution in [2.45, 2.75) is 0 Å². The van der Waals surface area contributed by atoms with E-state index < -0.39 is 27.5 Å². The van der Waals surface area contributed by atoms with Gasteiger partial charge in [0.15, 0.2) is 11.6 Å². The molecule has 1 aromatic carbocycles. The van der Waals surface area contributed by atoms with Crippen molar-refractivity contribution < 1.29 is 21.4 Å². The number of halogens is 2. The number of hydrogen-bond acceptors (Lipinski definition) is 3. The molecule has 6 heteroatoms. The summed E-state index contributed by atoms with van der Waals surface area (Å²) >= 11 is 0. The molecular formula is C7H5F2O3S. The molecule has 0 spiro atoms. The second-order valence-corrected chi connectivity index (χ2v) is 3.86. The summed E-state index contributed by atoms with van der Waals surface area (Å²) in [5.74, 6) is -2.54. The molecule has 0 aliphatic heterocycles. The van der Waals surface area contributed by atoms with Gasteiger partial charge in [0.05, 0.1) is 6.26 Å². The molecule has 1 radical (unpaired) electrons. The zero-order chi connectivity index (χ0) is 10.1. The average molecular weight is 207 g/mol. The topological polar surface area (TPSA) is 43.4 Å². The maximum atomic E-state index is 12.7. The Bertz CT molecular complexity index is 414. The van der Waals surface area contributed by atoms with Crippen LogP contribution in [0, 0.1) is 17.7 Å². The smallest absolute Gasteiger partial charge is 0.306 e. The van der Waals surface area contributed by atoms with Crippen molar-refractivity contribution in [2.24, 2.45) is 0 Å². The molecule has 0 saturated carbocycles. The zero-order valence-corrected chi connectivity index (χ0v) is 7.36. The monoisotopic (exact) mass is 207 g/mol. The third-order valence-electron chi connectivity index (χ3n) is 1.07. The van der Waals surface area contributed by atoms with Crippen LogP contribution in [-0.2, 0) is 10.1 Å². The molecule has 0 saturated heterocycles. The van der Waals surface area contributed by atoms with Crippen LogP contribution in [-0.4, -0.2) is 14.7 Å². The normalized spacial score (nSPS) is 11.3. The van der Waals surface area contributed by atoms with Crippen LogP contribution in [0.4, 0.5) is 8.78 Å². The maximum Gasteiger partial charge on any atom is 0.306 e. The van der Waals surface area contributed by atoms with Gasteiger partial charge in [0.1, 0.15) is 5.82 Å². The van der Waals surface area contributed by atoms with E-state index in [0.717, 1.165) is 6.26 Å². The Kier molecular flexibility index (Phi) is 2.51. The van der Waals surface area contributed by atoms with Crippen LogP contribution in [0.5, 0.6) is 5.75 Å². The van der Waals surface area contributed by atoms with Crippen molar-refractivity contribution >= 4 is 10.1 Å². The summed E-state index contributed by atoms with van der Waals surface area (Å²) in [7, 11) is -3.84. The van der Waals surface area contributed by atoms with E-state index in [2.05, 4.69) is 4.18 Å². The summed E-state index contributed by atoms with van der Waals surface area (Å²) in [6, 6.07) is 3.18. The van der Waals surface area contributed by atoms with Crippen LogP contribution >= 0.6 is 0 Å². The second-order valence-electron chi connectivity index (χ2n) is 2.28. The van der Waals surface area contributed by atoms with Crippen molar-refractivity contribution in [1.82, 2.24) is 0 Å². The maximum absolute atomic E-state index is 12.7. The fourth-order valence-corrected chi connectivity index (χ4v) is 1.11. The minimum Gasteiger partial charge on any atom is -0.379 e. The molecule has 71 valence electrons. The lowest BCUT2D eigenvalue weighted by molar-refractivity contribution is 0.462. The predicted octanol–water partition coefficient (Wildman–Crippen LogP) is 1.10. The molecule has 0 unspecified atom stereocenters. The Morgan fingerprint density at radius 2 is 2.08 bits per heavy atom. The zero-order valence-electron chi connectivity index (χ0n) is 6.54. The van der Waals surface area contributed by atoms with Gasteiger partial charge in [-0.2, -0.15) is 8.42 Å². The first kappa shape index (κ1) is 9.91. The molecule has 0 bridgehead atoms. The minimum absolute atomic E-state index is 0.608. The third kappa shape index (κ3) is 2.98. The lowest BCUT2D eigenvalue weighted by atomic mass is 10.3. The van der Waals surface area contributed by atoms with Crippen LogP contribution in [0.1, 0.15) is 0 Å². The van der Waals surface area contributed by atoms with Gasteiger partial charge in [-0.15, -0.1) is 0 Å². The van der Waals surface area contributed by atoms with Crippen molar-refractivity contribution in [2.75, 3.05) is 6.26 Å². The molecule has 0 aromatic heterocycles. The van der Waals surface area contributed by atoms with Crippen molar-refractivity contribution in [1.29, 1.82) is 0 Å². The van der Waals surface area contributed by atoms with Gasteiger partial charge in [-0.25, -0.2) is 8.78 Å². The van der Waals surface area contributed by atoms with E-state index in [1.54, 1.807) is 0 Å². The van der Waals surface area contributed by atoms with Crippen molar-refractivity contribution in [3.8, 4) is 5.75 Å². The fourth-order valence-electron chi connectivity index (χ4n) is 0.656. The molecule has 0 N–H and O–H groups in total. The second kappa shape index (κ2) is 3.29.